The number of para-hydroxylation sites is 2. The molecule has 3 aromatic carbocycles. The van der Waals surface area contributed by atoms with Gasteiger partial charge in [0.2, 0.25) is 0 Å². The van der Waals surface area contributed by atoms with Gasteiger partial charge in [-0.15, -0.1) is 0 Å². The Labute approximate surface area is 186 Å². The first-order valence-electron chi connectivity index (χ1n) is 9.57. The molecule has 164 valence electrons. The summed E-state index contributed by atoms with van der Waals surface area (Å²) < 4.78 is 0. The fourth-order valence-electron chi connectivity index (χ4n) is 3.44. The van der Waals surface area contributed by atoms with E-state index in [1.807, 2.05) is 0 Å². The van der Waals surface area contributed by atoms with Crippen molar-refractivity contribution in [1.29, 1.82) is 0 Å². The van der Waals surface area contributed by atoms with Gasteiger partial charge in [-0.3, -0.25) is 9.59 Å². The van der Waals surface area contributed by atoms with Gasteiger partial charge in [-0.25, -0.2) is 25.1 Å². The van der Waals surface area contributed by atoms with Crippen LogP contribution in [0.2, 0.25) is 0 Å². The minimum atomic E-state index is -0.727. The van der Waals surface area contributed by atoms with Crippen LogP contribution in [0.3, 0.4) is 0 Å². The Morgan fingerprint density at radius 1 is 0.636 bits per heavy atom. The van der Waals surface area contributed by atoms with Crippen LogP contribution in [0.25, 0.3) is 0 Å². The van der Waals surface area contributed by atoms with E-state index in [0.29, 0.717) is 5.01 Å². The van der Waals surface area contributed by atoms with Gasteiger partial charge in [-0.2, -0.15) is 0 Å². The Balaban J connectivity index is 1.94. The second-order valence-electron chi connectivity index (χ2n) is 6.79. The number of anilines is 5. The maximum absolute atomic E-state index is 12.3. The van der Waals surface area contributed by atoms with Crippen molar-refractivity contribution in [2.45, 2.75) is 0 Å². The molecular formula is C22H15N5O6. The van der Waals surface area contributed by atoms with Crippen LogP contribution in [0, 0.1) is 20.2 Å². The fraction of sp³-hybridized carbons (Fsp3) is 0. The van der Waals surface area contributed by atoms with E-state index in [0.717, 1.165) is 22.1 Å². The number of nitrogens with zero attached hydrogens (tertiary/aromatic N) is 5. The van der Waals surface area contributed by atoms with Crippen LogP contribution < -0.4 is 14.9 Å². The van der Waals surface area contributed by atoms with Crippen LogP contribution in [-0.4, -0.2) is 21.9 Å². The zero-order chi connectivity index (χ0) is 23.5. The highest BCUT2D eigenvalue weighted by molar-refractivity contribution is 6.29. The summed E-state index contributed by atoms with van der Waals surface area (Å²) in [6.07, 6.45) is 2.10. The van der Waals surface area contributed by atoms with Crippen LogP contribution in [0.1, 0.15) is 0 Å². The van der Waals surface area contributed by atoms with E-state index in [2.05, 4.69) is 0 Å². The lowest BCUT2D eigenvalue weighted by molar-refractivity contribution is -0.484. The summed E-state index contributed by atoms with van der Waals surface area (Å²) >= 11 is 0. The van der Waals surface area contributed by atoms with E-state index in [-0.39, 0.29) is 28.4 Å². The van der Waals surface area contributed by atoms with E-state index in [1.54, 1.807) is 36.4 Å². The molecule has 0 saturated heterocycles. The van der Waals surface area contributed by atoms with Crippen molar-refractivity contribution < 1.29 is 19.7 Å². The second kappa shape index (κ2) is 8.59. The number of carbonyl (C=O) groups is 2. The highest BCUT2D eigenvalue weighted by Crippen LogP contribution is 2.40. The molecule has 0 bridgehead atoms. The largest absolute Gasteiger partial charge is 0.269 e. The van der Waals surface area contributed by atoms with E-state index in [9.17, 15) is 29.8 Å². The third-order valence-electron chi connectivity index (χ3n) is 4.81. The predicted molar refractivity (Wildman–Crippen MR) is 119 cm³/mol. The zero-order valence-electron chi connectivity index (χ0n) is 16.8. The molecule has 1 aliphatic rings. The molecule has 0 radical (unpaired) electrons. The van der Waals surface area contributed by atoms with Crippen LogP contribution in [0.15, 0.2) is 91.0 Å². The molecule has 0 aromatic heterocycles. The molecule has 0 fully saturated rings. The fourth-order valence-corrected chi connectivity index (χ4v) is 3.44. The molecule has 11 heteroatoms. The number of hydrogen-bond acceptors (Lipinski definition) is 6. The Kier molecular flexibility index (Phi) is 5.51. The Morgan fingerprint density at radius 3 is 1.61 bits per heavy atom. The summed E-state index contributed by atoms with van der Waals surface area (Å²) in [5, 5.41) is 24.0. The van der Waals surface area contributed by atoms with Crippen LogP contribution in [0.4, 0.5) is 28.4 Å². The lowest BCUT2D eigenvalue weighted by Crippen LogP contribution is -2.33. The molecule has 33 heavy (non-hydrogen) atoms. The summed E-state index contributed by atoms with van der Waals surface area (Å²) in [5.74, 6) is -1.36. The third-order valence-corrected chi connectivity index (χ3v) is 4.81. The average Bonchev–Trinajstić information content (AvgIpc) is 3.13. The number of imide groups is 1. The summed E-state index contributed by atoms with van der Waals surface area (Å²) in [6.45, 7) is 0. The van der Waals surface area contributed by atoms with Crippen molar-refractivity contribution in [1.82, 2.24) is 0 Å². The highest BCUT2D eigenvalue weighted by Gasteiger charge is 2.34. The standard InChI is InChI=1S/C22H15N5O6/c28-21-13-14-22(29)23(21)19-12-11-18(24(26(30)31)16-7-3-1-4-8-16)15-20(19)25(27(32)33)17-9-5-2-6-10-17/h1-15H. The monoisotopic (exact) mass is 445 g/mol. The molecule has 0 atom stereocenters. The van der Waals surface area contributed by atoms with Gasteiger partial charge < -0.3 is 0 Å². The number of hydrazine groups is 2. The number of rotatable bonds is 7. The Bertz CT molecular complexity index is 1260. The van der Waals surface area contributed by atoms with E-state index >= 15 is 0 Å². The van der Waals surface area contributed by atoms with Crippen molar-refractivity contribution in [3.63, 3.8) is 0 Å². The number of amides is 2. The molecule has 11 nitrogen and oxygen atoms in total. The smallest absolute Gasteiger partial charge is 0.258 e. The lowest BCUT2D eigenvalue weighted by Gasteiger charge is -2.23. The summed E-state index contributed by atoms with van der Waals surface area (Å²) in [5.41, 5.74) is 0.0382. The predicted octanol–water partition coefficient (Wildman–Crippen LogP) is 3.78. The van der Waals surface area contributed by atoms with Crippen molar-refractivity contribution in [3.8, 4) is 0 Å². The number of carbonyl (C=O) groups excluding carboxylic acids is 2. The summed E-state index contributed by atoms with van der Waals surface area (Å²) in [4.78, 5) is 49.4. The van der Waals surface area contributed by atoms with Gasteiger partial charge in [0.25, 0.3) is 11.8 Å². The van der Waals surface area contributed by atoms with E-state index in [4.69, 9.17) is 0 Å². The Morgan fingerprint density at radius 2 is 1.12 bits per heavy atom. The first-order chi connectivity index (χ1) is 15.9. The minimum absolute atomic E-state index is 0.0141. The Hall–Kier alpha value is -5.06. The number of nitro groups is 2. The number of hydrogen-bond donors (Lipinski definition) is 0. The summed E-state index contributed by atoms with van der Waals surface area (Å²) in [7, 11) is 0. The van der Waals surface area contributed by atoms with Gasteiger partial charge in [-0.05, 0) is 36.4 Å². The van der Waals surface area contributed by atoms with Crippen LogP contribution in [0.5, 0.6) is 0 Å². The van der Waals surface area contributed by atoms with Gasteiger partial charge in [0.05, 0.1) is 5.69 Å². The lowest BCUT2D eigenvalue weighted by atomic mass is 10.1. The maximum atomic E-state index is 12.3. The van der Waals surface area contributed by atoms with Crippen molar-refractivity contribution in [2.75, 3.05) is 14.9 Å². The minimum Gasteiger partial charge on any atom is -0.269 e. The average molecular weight is 445 g/mol. The second-order valence-corrected chi connectivity index (χ2v) is 6.79. The number of benzene rings is 3. The maximum Gasteiger partial charge on any atom is 0.258 e. The van der Waals surface area contributed by atoms with Crippen LogP contribution >= 0.6 is 0 Å². The van der Waals surface area contributed by atoms with Crippen molar-refractivity contribution in [2.24, 2.45) is 0 Å². The zero-order valence-corrected chi connectivity index (χ0v) is 16.8. The van der Waals surface area contributed by atoms with Crippen molar-refractivity contribution >= 4 is 40.3 Å². The molecule has 1 aliphatic heterocycles. The molecule has 0 aliphatic carbocycles. The molecule has 1 heterocycles. The highest BCUT2D eigenvalue weighted by atomic mass is 16.7. The van der Waals surface area contributed by atoms with Gasteiger partial charge in [-0.1, -0.05) is 46.4 Å². The SMILES string of the molecule is O=C1C=CC(=O)N1c1ccc(N(c2ccccc2)[N+](=O)[O-])cc1N(c1ccccc1)[N+](=O)[O-]. The normalized spacial score (nSPS) is 12.7. The van der Waals surface area contributed by atoms with E-state index in [1.165, 1.54) is 42.5 Å². The van der Waals surface area contributed by atoms with Gasteiger partial charge >= 0.3 is 0 Å². The topological polar surface area (TPSA) is 130 Å². The molecule has 0 spiro atoms. The quantitative estimate of drug-likeness (QED) is 0.305. The van der Waals surface area contributed by atoms with E-state index < -0.39 is 21.9 Å². The molecule has 0 N–H and O–H groups in total. The van der Waals surface area contributed by atoms with Crippen molar-refractivity contribution in [3.05, 3.63) is 111 Å². The molecule has 4 rings (SSSR count). The third kappa shape index (κ3) is 3.97. The molecule has 3 aromatic rings. The van der Waals surface area contributed by atoms with Crippen LogP contribution in [-0.2, 0) is 9.59 Å². The first kappa shape index (κ1) is 21.2. The summed E-state index contributed by atoms with van der Waals surface area (Å²) in [6, 6.07) is 19.5. The first-order valence-corrected chi connectivity index (χ1v) is 9.57. The van der Waals surface area contributed by atoms with Gasteiger partial charge in [0, 0.05) is 18.2 Å². The van der Waals surface area contributed by atoms with Gasteiger partial charge in [0.1, 0.15) is 22.7 Å². The van der Waals surface area contributed by atoms with Gasteiger partial charge in [0.15, 0.2) is 10.1 Å². The molecule has 0 saturated carbocycles. The molecular weight excluding hydrogens is 430 g/mol. The molecule has 0 unspecified atom stereocenters. The molecule has 2 amide bonds.